The van der Waals surface area contributed by atoms with Crippen LogP contribution in [0.25, 0.3) is 88.0 Å². The lowest BCUT2D eigenvalue weighted by Gasteiger charge is -2.28. The van der Waals surface area contributed by atoms with Gasteiger partial charge in [-0.15, -0.1) is 0 Å². The van der Waals surface area contributed by atoms with Crippen molar-refractivity contribution in [3.63, 3.8) is 0 Å². The number of anilines is 3. The fourth-order valence-corrected chi connectivity index (χ4v) is 8.21. The molecular formula is C52H33NO2. The van der Waals surface area contributed by atoms with E-state index in [0.29, 0.717) is 0 Å². The zero-order valence-electron chi connectivity index (χ0n) is 29.8. The Morgan fingerprint density at radius 2 is 0.782 bits per heavy atom. The molecule has 0 aliphatic carbocycles. The Morgan fingerprint density at radius 3 is 1.53 bits per heavy atom. The molecule has 9 aromatic carbocycles. The standard InChI is InChI=1S/C52H33NO2/c1-2-12-41-36(10-1)11-9-16-42(41)37-22-20-34(21-23-37)35-24-27-39(28-25-35)53(40-29-31-52-47(33-40)45-15-5-8-19-50(45)55-52)48-17-6-3-13-43(48)38-26-30-51-46(32-38)44-14-4-7-18-49(44)54-51/h1-33H. The van der Waals surface area contributed by atoms with Crippen LogP contribution >= 0.6 is 0 Å². The second kappa shape index (κ2) is 12.6. The van der Waals surface area contributed by atoms with Crippen molar-refractivity contribution >= 4 is 71.7 Å². The van der Waals surface area contributed by atoms with Crippen molar-refractivity contribution in [3.8, 4) is 33.4 Å². The van der Waals surface area contributed by atoms with Gasteiger partial charge >= 0.3 is 0 Å². The molecule has 11 aromatic rings. The smallest absolute Gasteiger partial charge is 0.135 e. The molecule has 0 spiro atoms. The third-order valence-corrected chi connectivity index (χ3v) is 10.9. The van der Waals surface area contributed by atoms with Gasteiger partial charge in [0.15, 0.2) is 0 Å². The number of benzene rings is 9. The summed E-state index contributed by atoms with van der Waals surface area (Å²) in [4.78, 5) is 2.36. The number of para-hydroxylation sites is 3. The summed E-state index contributed by atoms with van der Waals surface area (Å²) in [7, 11) is 0. The average molecular weight is 704 g/mol. The summed E-state index contributed by atoms with van der Waals surface area (Å²) in [6, 6.07) is 71.1. The van der Waals surface area contributed by atoms with Crippen molar-refractivity contribution in [3.05, 3.63) is 200 Å². The van der Waals surface area contributed by atoms with E-state index in [1.165, 1.54) is 27.5 Å². The Balaban J connectivity index is 1.03. The SMILES string of the molecule is c1ccc(N(c2ccc(-c3ccc(-c4cccc5ccccc45)cc3)cc2)c2ccc3oc4ccccc4c3c2)c(-c2ccc3oc4ccccc4c3c2)c1. The fourth-order valence-electron chi connectivity index (χ4n) is 8.21. The first kappa shape index (κ1) is 31.2. The third-order valence-electron chi connectivity index (χ3n) is 10.9. The zero-order valence-corrected chi connectivity index (χ0v) is 29.8. The van der Waals surface area contributed by atoms with Crippen molar-refractivity contribution in [2.24, 2.45) is 0 Å². The molecule has 3 heteroatoms. The highest BCUT2D eigenvalue weighted by atomic mass is 16.3. The lowest BCUT2D eigenvalue weighted by Crippen LogP contribution is -2.11. The van der Waals surface area contributed by atoms with Gasteiger partial charge in [0.25, 0.3) is 0 Å². The molecule has 3 nitrogen and oxygen atoms in total. The Kier molecular flexibility index (Phi) is 7.17. The molecule has 2 heterocycles. The minimum Gasteiger partial charge on any atom is -0.456 e. The highest BCUT2D eigenvalue weighted by Gasteiger charge is 2.20. The molecule has 0 saturated carbocycles. The first-order chi connectivity index (χ1) is 27.2. The van der Waals surface area contributed by atoms with Crippen LogP contribution in [0.5, 0.6) is 0 Å². The molecule has 0 bridgehead atoms. The second-order valence-electron chi connectivity index (χ2n) is 14.1. The molecule has 0 unspecified atom stereocenters. The maximum absolute atomic E-state index is 6.25. The summed E-state index contributed by atoms with van der Waals surface area (Å²) in [5, 5.41) is 6.93. The van der Waals surface area contributed by atoms with Crippen LogP contribution in [0, 0.1) is 0 Å². The summed E-state index contributed by atoms with van der Waals surface area (Å²) in [5.41, 5.74) is 13.8. The van der Waals surface area contributed by atoms with E-state index in [4.69, 9.17) is 8.83 Å². The maximum atomic E-state index is 6.25. The van der Waals surface area contributed by atoms with E-state index in [9.17, 15) is 0 Å². The predicted octanol–water partition coefficient (Wildman–Crippen LogP) is 15.1. The van der Waals surface area contributed by atoms with E-state index in [1.807, 2.05) is 24.3 Å². The fraction of sp³-hybridized carbons (Fsp3) is 0. The van der Waals surface area contributed by atoms with Crippen molar-refractivity contribution < 1.29 is 8.83 Å². The summed E-state index contributed by atoms with van der Waals surface area (Å²) in [5.74, 6) is 0. The Morgan fingerprint density at radius 1 is 0.291 bits per heavy atom. The summed E-state index contributed by atoms with van der Waals surface area (Å²) >= 11 is 0. The molecule has 0 aliphatic heterocycles. The van der Waals surface area contributed by atoms with Gasteiger partial charge in [0.2, 0.25) is 0 Å². The molecule has 11 rings (SSSR count). The number of hydrogen-bond acceptors (Lipinski definition) is 3. The monoisotopic (exact) mass is 703 g/mol. The van der Waals surface area contributed by atoms with Crippen molar-refractivity contribution in [2.45, 2.75) is 0 Å². The van der Waals surface area contributed by atoms with Crippen LogP contribution in [0.15, 0.2) is 209 Å². The Hall–Kier alpha value is -7.36. The van der Waals surface area contributed by atoms with Crippen molar-refractivity contribution in [1.82, 2.24) is 0 Å². The summed E-state index contributed by atoms with van der Waals surface area (Å²) in [6.45, 7) is 0. The normalized spacial score (nSPS) is 11.6. The third kappa shape index (κ3) is 5.28. The number of fused-ring (bicyclic) bond motifs is 7. The maximum Gasteiger partial charge on any atom is 0.135 e. The summed E-state index contributed by atoms with van der Waals surface area (Å²) in [6.07, 6.45) is 0. The van der Waals surface area contributed by atoms with E-state index in [0.717, 1.165) is 77.6 Å². The minimum absolute atomic E-state index is 0.873. The second-order valence-corrected chi connectivity index (χ2v) is 14.1. The highest BCUT2D eigenvalue weighted by Crippen LogP contribution is 2.44. The largest absolute Gasteiger partial charge is 0.456 e. The van der Waals surface area contributed by atoms with E-state index in [2.05, 4.69) is 181 Å². The van der Waals surface area contributed by atoms with Crippen LogP contribution in [-0.4, -0.2) is 0 Å². The quantitative estimate of drug-likeness (QED) is 0.173. The van der Waals surface area contributed by atoms with Gasteiger partial charge in [-0.25, -0.2) is 0 Å². The number of rotatable bonds is 6. The Bertz CT molecular complexity index is 3200. The molecule has 0 atom stereocenters. The van der Waals surface area contributed by atoms with Crippen LogP contribution in [0.1, 0.15) is 0 Å². The number of furan rings is 2. The number of hydrogen-bond donors (Lipinski definition) is 0. The van der Waals surface area contributed by atoms with Crippen LogP contribution in [0.2, 0.25) is 0 Å². The zero-order chi connectivity index (χ0) is 36.3. The lowest BCUT2D eigenvalue weighted by atomic mass is 9.96. The van der Waals surface area contributed by atoms with Gasteiger partial charge in [-0.1, -0.05) is 140 Å². The van der Waals surface area contributed by atoms with Crippen LogP contribution < -0.4 is 4.90 Å². The van der Waals surface area contributed by atoms with Gasteiger partial charge in [-0.3, -0.25) is 0 Å². The van der Waals surface area contributed by atoms with E-state index >= 15 is 0 Å². The highest BCUT2D eigenvalue weighted by molar-refractivity contribution is 6.08. The first-order valence-corrected chi connectivity index (χ1v) is 18.7. The van der Waals surface area contributed by atoms with Crippen LogP contribution in [0.3, 0.4) is 0 Å². The van der Waals surface area contributed by atoms with Gasteiger partial charge in [0.1, 0.15) is 22.3 Å². The van der Waals surface area contributed by atoms with Crippen LogP contribution in [-0.2, 0) is 0 Å². The van der Waals surface area contributed by atoms with Gasteiger partial charge in [-0.05, 0) is 99.3 Å². The van der Waals surface area contributed by atoms with E-state index in [1.54, 1.807) is 0 Å². The lowest BCUT2D eigenvalue weighted by molar-refractivity contribution is 0.668. The molecule has 258 valence electrons. The Labute approximate surface area is 317 Å². The minimum atomic E-state index is 0.873. The topological polar surface area (TPSA) is 29.5 Å². The van der Waals surface area contributed by atoms with Gasteiger partial charge < -0.3 is 13.7 Å². The van der Waals surface area contributed by atoms with E-state index < -0.39 is 0 Å². The van der Waals surface area contributed by atoms with Gasteiger partial charge in [-0.2, -0.15) is 0 Å². The molecule has 0 aliphatic rings. The molecule has 0 N–H and O–H groups in total. The van der Waals surface area contributed by atoms with Crippen molar-refractivity contribution in [1.29, 1.82) is 0 Å². The van der Waals surface area contributed by atoms with E-state index in [-0.39, 0.29) is 0 Å². The molecular weight excluding hydrogens is 671 g/mol. The van der Waals surface area contributed by atoms with Gasteiger partial charge in [0, 0.05) is 38.5 Å². The van der Waals surface area contributed by atoms with Crippen LogP contribution in [0.4, 0.5) is 17.1 Å². The molecule has 0 saturated heterocycles. The first-order valence-electron chi connectivity index (χ1n) is 18.7. The number of nitrogens with zero attached hydrogens (tertiary/aromatic N) is 1. The molecule has 55 heavy (non-hydrogen) atoms. The van der Waals surface area contributed by atoms with Crippen molar-refractivity contribution in [2.75, 3.05) is 4.90 Å². The average Bonchev–Trinajstić information content (AvgIpc) is 3.82. The molecule has 0 amide bonds. The van der Waals surface area contributed by atoms with Gasteiger partial charge in [0.05, 0.1) is 5.69 Å². The summed E-state index contributed by atoms with van der Waals surface area (Å²) < 4.78 is 12.5. The molecule has 0 fully saturated rings. The molecule has 2 aromatic heterocycles. The molecule has 0 radical (unpaired) electrons. The predicted molar refractivity (Wildman–Crippen MR) is 229 cm³/mol.